The number of rotatable bonds is 5. The van der Waals surface area contributed by atoms with E-state index in [0.717, 1.165) is 50.6 Å². The van der Waals surface area contributed by atoms with Crippen LogP contribution in [0, 0.1) is 6.92 Å². The third-order valence-electron chi connectivity index (χ3n) is 3.70. The van der Waals surface area contributed by atoms with Gasteiger partial charge >= 0.3 is 0 Å². The van der Waals surface area contributed by atoms with Crippen molar-refractivity contribution in [3.8, 4) is 0 Å². The minimum absolute atomic E-state index is 0.695. The van der Waals surface area contributed by atoms with Crippen LogP contribution in [0.25, 0.3) is 0 Å². The normalized spacial score (nSPS) is 16.8. The molecule has 0 amide bonds. The lowest BCUT2D eigenvalue weighted by atomic mass is 10.2. The first kappa shape index (κ1) is 15.0. The second-order valence-electron chi connectivity index (χ2n) is 5.58. The van der Waals surface area contributed by atoms with Crippen LogP contribution in [0.4, 0.5) is 11.8 Å². The number of piperazine rings is 1. The van der Waals surface area contributed by atoms with Crippen LogP contribution in [0.1, 0.15) is 5.56 Å². The lowest BCUT2D eigenvalue weighted by Crippen LogP contribution is -2.48. The number of likely N-dealkylation sites (N-methyl/N-ethyl adjacent to an activating group) is 1. The standard InChI is InChI=1S/C14H26N6/c1-12-11-16-14(15-2)17-13(12)20-9-7-19(8-10-20)6-5-18(3)4/h11H,5-10H2,1-4H3,(H,15,16,17). The molecule has 0 spiro atoms. The van der Waals surface area contributed by atoms with Gasteiger partial charge in [-0.3, -0.25) is 4.90 Å². The van der Waals surface area contributed by atoms with Crippen molar-refractivity contribution >= 4 is 11.8 Å². The second kappa shape index (κ2) is 6.85. The largest absolute Gasteiger partial charge is 0.357 e. The van der Waals surface area contributed by atoms with Crippen LogP contribution in [-0.2, 0) is 0 Å². The highest BCUT2D eigenvalue weighted by atomic mass is 15.3. The van der Waals surface area contributed by atoms with Gasteiger partial charge in [-0.05, 0) is 21.0 Å². The molecule has 1 aliphatic rings. The van der Waals surface area contributed by atoms with E-state index in [2.05, 4.69) is 51.0 Å². The van der Waals surface area contributed by atoms with E-state index in [1.807, 2.05) is 13.2 Å². The number of anilines is 2. The van der Waals surface area contributed by atoms with Crippen LogP contribution in [0.5, 0.6) is 0 Å². The van der Waals surface area contributed by atoms with Gasteiger partial charge in [-0.15, -0.1) is 0 Å². The Hall–Kier alpha value is -1.40. The van der Waals surface area contributed by atoms with Gasteiger partial charge in [0, 0.05) is 58.1 Å². The first-order chi connectivity index (χ1) is 9.60. The van der Waals surface area contributed by atoms with Gasteiger partial charge in [0.2, 0.25) is 5.95 Å². The lowest BCUT2D eigenvalue weighted by molar-refractivity contribution is 0.229. The van der Waals surface area contributed by atoms with E-state index in [4.69, 9.17) is 0 Å². The molecule has 0 radical (unpaired) electrons. The molecule has 1 N–H and O–H groups in total. The molecular formula is C14H26N6. The Morgan fingerprint density at radius 1 is 1.25 bits per heavy atom. The summed E-state index contributed by atoms with van der Waals surface area (Å²) in [5.41, 5.74) is 1.14. The minimum Gasteiger partial charge on any atom is -0.357 e. The number of nitrogens with zero attached hydrogens (tertiary/aromatic N) is 5. The molecule has 2 heterocycles. The third kappa shape index (κ3) is 3.80. The van der Waals surface area contributed by atoms with Gasteiger partial charge in [-0.25, -0.2) is 4.98 Å². The minimum atomic E-state index is 0.695. The summed E-state index contributed by atoms with van der Waals surface area (Å²) in [4.78, 5) is 16.0. The summed E-state index contributed by atoms with van der Waals surface area (Å²) >= 11 is 0. The Bertz CT molecular complexity index is 426. The highest BCUT2D eigenvalue weighted by molar-refractivity contribution is 5.49. The number of nitrogens with one attached hydrogen (secondary N) is 1. The molecule has 20 heavy (non-hydrogen) atoms. The van der Waals surface area contributed by atoms with E-state index >= 15 is 0 Å². The Kier molecular flexibility index (Phi) is 5.14. The van der Waals surface area contributed by atoms with Crippen LogP contribution in [0.3, 0.4) is 0 Å². The van der Waals surface area contributed by atoms with E-state index in [0.29, 0.717) is 5.95 Å². The van der Waals surface area contributed by atoms with E-state index < -0.39 is 0 Å². The molecule has 1 aliphatic heterocycles. The molecule has 6 heteroatoms. The maximum Gasteiger partial charge on any atom is 0.224 e. The predicted octanol–water partition coefficient (Wildman–Crippen LogP) is 0.510. The van der Waals surface area contributed by atoms with Crippen molar-refractivity contribution in [2.45, 2.75) is 6.92 Å². The van der Waals surface area contributed by atoms with Crippen LogP contribution in [0.15, 0.2) is 6.20 Å². The van der Waals surface area contributed by atoms with Gasteiger partial charge in [0.1, 0.15) is 5.82 Å². The van der Waals surface area contributed by atoms with Crippen molar-refractivity contribution in [1.29, 1.82) is 0 Å². The molecule has 1 fully saturated rings. The van der Waals surface area contributed by atoms with E-state index in [-0.39, 0.29) is 0 Å². The maximum atomic E-state index is 4.59. The van der Waals surface area contributed by atoms with Crippen molar-refractivity contribution in [2.24, 2.45) is 0 Å². The number of aryl methyl sites for hydroxylation is 1. The lowest BCUT2D eigenvalue weighted by Gasteiger charge is -2.36. The molecule has 2 rings (SSSR count). The molecule has 0 aromatic carbocycles. The fourth-order valence-electron chi connectivity index (χ4n) is 2.40. The molecule has 1 aromatic heterocycles. The van der Waals surface area contributed by atoms with Gasteiger partial charge in [-0.2, -0.15) is 4.98 Å². The van der Waals surface area contributed by atoms with E-state index in [1.165, 1.54) is 0 Å². The first-order valence-electron chi connectivity index (χ1n) is 7.23. The van der Waals surface area contributed by atoms with Crippen molar-refractivity contribution < 1.29 is 0 Å². The molecule has 0 aliphatic carbocycles. The summed E-state index contributed by atoms with van der Waals surface area (Å²) in [6.07, 6.45) is 1.90. The zero-order valence-electron chi connectivity index (χ0n) is 13.1. The number of hydrogen-bond acceptors (Lipinski definition) is 6. The van der Waals surface area contributed by atoms with Crippen LogP contribution >= 0.6 is 0 Å². The molecule has 6 nitrogen and oxygen atoms in total. The molecule has 0 unspecified atom stereocenters. The van der Waals surface area contributed by atoms with E-state index in [1.54, 1.807) is 0 Å². The Balaban J connectivity index is 1.93. The summed E-state index contributed by atoms with van der Waals surface area (Å²) in [5.74, 6) is 1.76. The quantitative estimate of drug-likeness (QED) is 0.847. The zero-order valence-corrected chi connectivity index (χ0v) is 13.1. The highest BCUT2D eigenvalue weighted by Gasteiger charge is 2.19. The topological polar surface area (TPSA) is 47.5 Å². The van der Waals surface area contributed by atoms with Gasteiger partial charge in [0.25, 0.3) is 0 Å². The summed E-state index contributed by atoms with van der Waals surface area (Å²) in [5, 5.41) is 3.01. The average molecular weight is 278 g/mol. The van der Waals surface area contributed by atoms with Crippen LogP contribution in [0.2, 0.25) is 0 Å². The first-order valence-corrected chi connectivity index (χ1v) is 7.23. The summed E-state index contributed by atoms with van der Waals surface area (Å²) in [6, 6.07) is 0. The van der Waals surface area contributed by atoms with Crippen molar-refractivity contribution in [2.75, 3.05) is 70.6 Å². The van der Waals surface area contributed by atoms with E-state index in [9.17, 15) is 0 Å². The van der Waals surface area contributed by atoms with Gasteiger partial charge in [0.05, 0.1) is 0 Å². The summed E-state index contributed by atoms with van der Waals surface area (Å²) in [7, 11) is 6.10. The monoisotopic (exact) mass is 278 g/mol. The molecule has 1 aromatic rings. The molecule has 112 valence electrons. The molecule has 1 saturated heterocycles. The highest BCUT2D eigenvalue weighted by Crippen LogP contribution is 2.19. The fraction of sp³-hybridized carbons (Fsp3) is 0.714. The maximum absolute atomic E-state index is 4.59. The van der Waals surface area contributed by atoms with Crippen LogP contribution in [-0.4, -0.2) is 80.2 Å². The SMILES string of the molecule is CNc1ncc(C)c(N2CCN(CCN(C)C)CC2)n1. The van der Waals surface area contributed by atoms with Crippen molar-refractivity contribution in [3.05, 3.63) is 11.8 Å². The molecule has 0 saturated carbocycles. The molecule has 0 atom stereocenters. The molecule has 0 bridgehead atoms. The summed E-state index contributed by atoms with van der Waals surface area (Å²) < 4.78 is 0. The predicted molar refractivity (Wildman–Crippen MR) is 83.5 cm³/mol. The van der Waals surface area contributed by atoms with Gasteiger partial charge in [-0.1, -0.05) is 0 Å². The smallest absolute Gasteiger partial charge is 0.224 e. The Morgan fingerprint density at radius 3 is 2.55 bits per heavy atom. The Labute approximate surface area is 121 Å². The van der Waals surface area contributed by atoms with Gasteiger partial charge < -0.3 is 15.1 Å². The Morgan fingerprint density at radius 2 is 1.95 bits per heavy atom. The fourth-order valence-corrected chi connectivity index (χ4v) is 2.40. The number of hydrogen-bond donors (Lipinski definition) is 1. The third-order valence-corrected chi connectivity index (χ3v) is 3.70. The van der Waals surface area contributed by atoms with Crippen LogP contribution < -0.4 is 10.2 Å². The number of aromatic nitrogens is 2. The van der Waals surface area contributed by atoms with Crippen molar-refractivity contribution in [3.63, 3.8) is 0 Å². The van der Waals surface area contributed by atoms with Crippen molar-refractivity contribution in [1.82, 2.24) is 19.8 Å². The second-order valence-corrected chi connectivity index (χ2v) is 5.58. The summed E-state index contributed by atoms with van der Waals surface area (Å²) in [6.45, 7) is 8.62. The zero-order chi connectivity index (χ0) is 14.5. The van der Waals surface area contributed by atoms with Gasteiger partial charge in [0.15, 0.2) is 0 Å². The molecular weight excluding hydrogens is 252 g/mol. The average Bonchev–Trinajstić information content (AvgIpc) is 2.46.